The van der Waals surface area contributed by atoms with Gasteiger partial charge in [-0.15, -0.1) is 0 Å². The van der Waals surface area contributed by atoms with E-state index in [2.05, 4.69) is 15.1 Å². The molecule has 0 saturated heterocycles. The molecule has 2 aromatic heterocycles. The third kappa shape index (κ3) is 4.75. The summed E-state index contributed by atoms with van der Waals surface area (Å²) < 4.78 is 14.8. The molecule has 0 aliphatic carbocycles. The van der Waals surface area contributed by atoms with Crippen LogP contribution in [0.3, 0.4) is 0 Å². The van der Waals surface area contributed by atoms with Crippen molar-refractivity contribution in [2.45, 2.75) is 11.4 Å². The van der Waals surface area contributed by atoms with Crippen molar-refractivity contribution in [1.82, 2.24) is 19.7 Å². The van der Waals surface area contributed by atoms with Crippen LogP contribution in [0.2, 0.25) is 0 Å². The average Bonchev–Trinajstić information content (AvgIpc) is 3.23. The van der Waals surface area contributed by atoms with Gasteiger partial charge in [-0.1, -0.05) is 30.0 Å². The molecule has 0 spiro atoms. The van der Waals surface area contributed by atoms with Gasteiger partial charge in [-0.25, -0.2) is 19.0 Å². The second-order valence-electron chi connectivity index (χ2n) is 6.83. The number of fused-ring (bicyclic) bond motifs is 1. The number of nitrogens with zero attached hydrogens (tertiary/aromatic N) is 5. The van der Waals surface area contributed by atoms with Gasteiger partial charge < -0.3 is 10.6 Å². The van der Waals surface area contributed by atoms with Crippen LogP contribution in [0.15, 0.2) is 72.1 Å². The quantitative estimate of drug-likeness (QED) is 0.327. The molecule has 2 N–H and O–H groups in total. The maximum absolute atomic E-state index is 13.2. The summed E-state index contributed by atoms with van der Waals surface area (Å²) in [4.78, 5) is 34.4. The molecule has 0 unspecified atom stereocenters. The Morgan fingerprint density at radius 3 is 2.53 bits per heavy atom. The normalized spacial score (nSPS) is 10.9. The first-order chi connectivity index (χ1) is 15.5. The van der Waals surface area contributed by atoms with E-state index >= 15 is 0 Å². The summed E-state index contributed by atoms with van der Waals surface area (Å²) in [6, 6.07) is 15.0. The lowest BCUT2D eigenvalue weighted by atomic mass is 10.2. The number of hydrogen-bond donors (Lipinski definition) is 1. The van der Waals surface area contributed by atoms with Crippen molar-refractivity contribution in [1.29, 1.82) is 0 Å². The lowest BCUT2D eigenvalue weighted by molar-refractivity contribution is -0.118. The summed E-state index contributed by atoms with van der Waals surface area (Å²) in [5, 5.41) is 5.62. The lowest BCUT2D eigenvalue weighted by Gasteiger charge is -2.22. The number of amides is 2. The monoisotopic (exact) mass is 450 g/mol. The van der Waals surface area contributed by atoms with Crippen LogP contribution in [0, 0.1) is 5.82 Å². The molecule has 0 fully saturated rings. The van der Waals surface area contributed by atoms with Crippen LogP contribution in [0.25, 0.3) is 16.7 Å². The van der Waals surface area contributed by atoms with E-state index in [9.17, 15) is 14.0 Å². The van der Waals surface area contributed by atoms with Crippen molar-refractivity contribution in [3.05, 3.63) is 72.9 Å². The van der Waals surface area contributed by atoms with Gasteiger partial charge >= 0.3 is 0 Å². The van der Waals surface area contributed by atoms with E-state index in [1.807, 2.05) is 18.2 Å². The first kappa shape index (κ1) is 21.4. The van der Waals surface area contributed by atoms with E-state index in [-0.39, 0.29) is 30.4 Å². The number of rotatable bonds is 8. The molecular weight excluding hydrogens is 431 g/mol. The molecule has 0 radical (unpaired) electrons. The summed E-state index contributed by atoms with van der Waals surface area (Å²) in [6.45, 7) is 0.195. The molecule has 32 heavy (non-hydrogen) atoms. The van der Waals surface area contributed by atoms with Crippen LogP contribution in [-0.2, 0) is 9.59 Å². The Hall–Kier alpha value is -3.79. The van der Waals surface area contributed by atoms with Gasteiger partial charge in [0.1, 0.15) is 17.2 Å². The van der Waals surface area contributed by atoms with Crippen LogP contribution >= 0.6 is 11.8 Å². The fraction of sp³-hybridized carbons (Fsp3) is 0.136. The molecule has 0 bridgehead atoms. The number of para-hydroxylation sites is 1. The van der Waals surface area contributed by atoms with E-state index in [1.165, 1.54) is 35.1 Å². The van der Waals surface area contributed by atoms with E-state index in [1.54, 1.807) is 35.1 Å². The van der Waals surface area contributed by atoms with Gasteiger partial charge in [-0.3, -0.25) is 9.59 Å². The average molecular weight is 450 g/mol. The summed E-state index contributed by atoms with van der Waals surface area (Å²) in [6.07, 6.45) is 3.08. The lowest BCUT2D eigenvalue weighted by Crippen LogP contribution is -2.35. The van der Waals surface area contributed by atoms with Gasteiger partial charge in [-0.05, 0) is 36.4 Å². The predicted molar refractivity (Wildman–Crippen MR) is 120 cm³/mol. The van der Waals surface area contributed by atoms with Gasteiger partial charge in [0, 0.05) is 18.7 Å². The smallest absolute Gasteiger partial charge is 0.237 e. The molecule has 2 amide bonds. The zero-order valence-electron chi connectivity index (χ0n) is 16.9. The first-order valence-electron chi connectivity index (χ1n) is 9.74. The topological polar surface area (TPSA) is 107 Å². The maximum Gasteiger partial charge on any atom is 0.237 e. The molecule has 0 saturated carbocycles. The van der Waals surface area contributed by atoms with Gasteiger partial charge in [0.05, 0.1) is 23.0 Å². The van der Waals surface area contributed by atoms with E-state index < -0.39 is 5.91 Å². The molecule has 4 aromatic rings. The van der Waals surface area contributed by atoms with Crippen LogP contribution in [0.4, 0.5) is 10.1 Å². The van der Waals surface area contributed by atoms with Crippen LogP contribution < -0.4 is 10.6 Å². The highest BCUT2D eigenvalue weighted by Crippen LogP contribution is 2.27. The van der Waals surface area contributed by atoms with Crippen molar-refractivity contribution >= 4 is 40.3 Å². The number of thioether (sulfide) groups is 1. The number of halogens is 1. The number of nitrogens with two attached hydrogens (primary N) is 1. The second kappa shape index (κ2) is 9.56. The minimum absolute atomic E-state index is 0.0630. The summed E-state index contributed by atoms with van der Waals surface area (Å²) in [5.41, 5.74) is 7.18. The summed E-state index contributed by atoms with van der Waals surface area (Å²) >= 11 is 1.25. The zero-order valence-corrected chi connectivity index (χ0v) is 17.7. The zero-order chi connectivity index (χ0) is 22.5. The number of primary amides is 1. The second-order valence-corrected chi connectivity index (χ2v) is 7.80. The molecule has 0 atom stereocenters. The molecule has 162 valence electrons. The number of hydrogen-bond acceptors (Lipinski definition) is 6. The van der Waals surface area contributed by atoms with Crippen molar-refractivity contribution < 1.29 is 14.0 Å². The van der Waals surface area contributed by atoms with Gasteiger partial charge in [0.2, 0.25) is 11.8 Å². The number of anilines is 1. The Kier molecular flexibility index (Phi) is 6.41. The Labute approximate surface area is 187 Å². The Bertz CT molecular complexity index is 1250. The fourth-order valence-electron chi connectivity index (χ4n) is 3.14. The number of aromatic nitrogens is 4. The minimum atomic E-state index is -0.475. The number of carbonyl (C=O) groups excluding carboxylic acids is 2. The number of carbonyl (C=O) groups is 2. The molecular formula is C22H19FN6O2S. The SMILES string of the molecule is NC(=O)CCN(C(=O)CSc1ncnc2c1cnn2-c1ccc(F)cc1)c1ccccc1. The van der Waals surface area contributed by atoms with Crippen molar-refractivity contribution in [3.63, 3.8) is 0 Å². The summed E-state index contributed by atoms with van der Waals surface area (Å²) in [7, 11) is 0. The maximum atomic E-state index is 13.2. The predicted octanol–water partition coefficient (Wildman–Crippen LogP) is 2.96. The largest absolute Gasteiger partial charge is 0.370 e. The van der Waals surface area contributed by atoms with E-state index in [4.69, 9.17) is 5.73 Å². The van der Waals surface area contributed by atoms with Gasteiger partial charge in [-0.2, -0.15) is 5.10 Å². The van der Waals surface area contributed by atoms with Crippen LogP contribution in [0.1, 0.15) is 6.42 Å². The van der Waals surface area contributed by atoms with E-state index in [0.29, 0.717) is 27.4 Å². The molecule has 2 aromatic carbocycles. The molecule has 4 rings (SSSR count). The van der Waals surface area contributed by atoms with Gasteiger partial charge in [0.25, 0.3) is 0 Å². The van der Waals surface area contributed by atoms with Crippen molar-refractivity contribution in [3.8, 4) is 5.69 Å². The highest BCUT2D eigenvalue weighted by Gasteiger charge is 2.19. The fourth-order valence-corrected chi connectivity index (χ4v) is 3.98. The van der Waals surface area contributed by atoms with Crippen molar-refractivity contribution in [2.75, 3.05) is 17.2 Å². The highest BCUT2D eigenvalue weighted by molar-refractivity contribution is 8.00. The van der Waals surface area contributed by atoms with Crippen LogP contribution in [0.5, 0.6) is 0 Å². The molecule has 0 aliphatic heterocycles. The first-order valence-corrected chi connectivity index (χ1v) is 10.7. The van der Waals surface area contributed by atoms with Crippen molar-refractivity contribution in [2.24, 2.45) is 5.73 Å². The number of benzene rings is 2. The Morgan fingerprint density at radius 1 is 1.06 bits per heavy atom. The summed E-state index contributed by atoms with van der Waals surface area (Å²) in [5.74, 6) is -0.896. The Balaban J connectivity index is 1.54. The third-order valence-corrected chi connectivity index (χ3v) is 5.67. The Morgan fingerprint density at radius 2 is 1.81 bits per heavy atom. The molecule has 8 nitrogen and oxygen atoms in total. The highest BCUT2D eigenvalue weighted by atomic mass is 32.2. The molecule has 10 heteroatoms. The van der Waals surface area contributed by atoms with E-state index in [0.717, 1.165) is 0 Å². The molecule has 2 heterocycles. The van der Waals surface area contributed by atoms with Gasteiger partial charge in [0.15, 0.2) is 5.65 Å². The third-order valence-electron chi connectivity index (χ3n) is 4.68. The standard InChI is InChI=1S/C22H19FN6O2S/c23-15-6-8-17(9-7-15)29-21-18(12-27-29)22(26-14-25-21)32-13-20(31)28(11-10-19(24)30)16-4-2-1-3-5-16/h1-9,12,14H,10-11,13H2,(H2,24,30). The molecule has 0 aliphatic rings. The van der Waals surface area contributed by atoms with Crippen LogP contribution in [-0.4, -0.2) is 43.9 Å². The minimum Gasteiger partial charge on any atom is -0.370 e.